The van der Waals surface area contributed by atoms with Crippen LogP contribution in [-0.2, 0) is 6.42 Å². The average molecular weight is 237 g/mol. The van der Waals surface area contributed by atoms with Crippen molar-refractivity contribution in [3.05, 3.63) is 27.7 Å². The van der Waals surface area contributed by atoms with Crippen LogP contribution in [-0.4, -0.2) is 12.9 Å². The van der Waals surface area contributed by atoms with E-state index in [1.165, 1.54) is 0 Å². The van der Waals surface area contributed by atoms with Crippen LogP contribution in [0, 0.1) is 0 Å². The molecule has 0 amide bonds. The van der Waals surface area contributed by atoms with E-state index in [-0.39, 0.29) is 0 Å². The Balaban J connectivity index is 3.05. The highest BCUT2D eigenvalue weighted by molar-refractivity contribution is 7.80. The van der Waals surface area contributed by atoms with Gasteiger partial charge in [-0.25, -0.2) is 0 Å². The summed E-state index contributed by atoms with van der Waals surface area (Å²) in [5.41, 5.74) is 1.00. The van der Waals surface area contributed by atoms with Gasteiger partial charge in [0, 0.05) is 11.1 Å². The highest BCUT2D eigenvalue weighted by Gasteiger charge is 2.06. The number of thiol groups is 1. The normalized spacial score (nSPS) is 10.2. The third-order valence-corrected chi connectivity index (χ3v) is 2.57. The maximum atomic E-state index is 5.99. The zero-order valence-electron chi connectivity index (χ0n) is 7.18. The molecule has 1 aromatic rings. The molecule has 0 N–H and O–H groups in total. The summed E-state index contributed by atoms with van der Waals surface area (Å²) in [4.78, 5) is 0. The fourth-order valence-corrected chi connectivity index (χ4v) is 1.79. The molecule has 0 atom stereocenters. The monoisotopic (exact) mass is 236 g/mol. The Labute approximate surface area is 93.4 Å². The summed E-state index contributed by atoms with van der Waals surface area (Å²) >= 11 is 16.0. The van der Waals surface area contributed by atoms with E-state index in [1.54, 1.807) is 13.2 Å². The van der Waals surface area contributed by atoms with Crippen molar-refractivity contribution in [2.75, 3.05) is 12.9 Å². The second kappa shape index (κ2) is 4.99. The molecule has 0 bridgehead atoms. The van der Waals surface area contributed by atoms with E-state index in [0.29, 0.717) is 15.8 Å². The zero-order valence-corrected chi connectivity index (χ0v) is 9.59. The third-order valence-electron chi connectivity index (χ3n) is 1.70. The molecule has 0 fully saturated rings. The molecule has 1 aromatic carbocycles. The van der Waals surface area contributed by atoms with E-state index in [2.05, 4.69) is 12.6 Å². The van der Waals surface area contributed by atoms with Gasteiger partial charge in [0.1, 0.15) is 5.75 Å². The second-order valence-electron chi connectivity index (χ2n) is 2.55. The van der Waals surface area contributed by atoms with E-state index in [0.717, 1.165) is 17.7 Å². The Bertz CT molecular complexity index is 302. The molecular weight excluding hydrogens is 227 g/mol. The van der Waals surface area contributed by atoms with Crippen molar-refractivity contribution < 1.29 is 4.74 Å². The van der Waals surface area contributed by atoms with Gasteiger partial charge in [0.25, 0.3) is 0 Å². The van der Waals surface area contributed by atoms with Crippen LogP contribution in [0.2, 0.25) is 10.0 Å². The molecule has 0 aliphatic heterocycles. The molecule has 1 nitrogen and oxygen atoms in total. The minimum atomic E-state index is 0.587. The lowest BCUT2D eigenvalue weighted by Gasteiger charge is -2.07. The number of hydrogen-bond acceptors (Lipinski definition) is 2. The number of ether oxygens (including phenoxy) is 1. The topological polar surface area (TPSA) is 9.23 Å². The van der Waals surface area contributed by atoms with E-state index in [1.807, 2.05) is 6.07 Å². The van der Waals surface area contributed by atoms with Gasteiger partial charge in [0.2, 0.25) is 0 Å². The van der Waals surface area contributed by atoms with Crippen LogP contribution in [0.5, 0.6) is 5.75 Å². The Morgan fingerprint density at radius 1 is 1.31 bits per heavy atom. The number of hydrogen-bond donors (Lipinski definition) is 1. The predicted octanol–water partition coefficient (Wildman–Crippen LogP) is 3.47. The molecule has 0 aromatic heterocycles. The van der Waals surface area contributed by atoms with Gasteiger partial charge in [-0.15, -0.1) is 0 Å². The number of halogens is 2. The summed E-state index contributed by atoms with van der Waals surface area (Å²) in [6, 6.07) is 3.54. The van der Waals surface area contributed by atoms with Gasteiger partial charge in [-0.1, -0.05) is 23.2 Å². The molecule has 0 radical (unpaired) electrons. The minimum absolute atomic E-state index is 0.587. The van der Waals surface area contributed by atoms with Crippen molar-refractivity contribution in [3.8, 4) is 5.75 Å². The van der Waals surface area contributed by atoms with Crippen molar-refractivity contribution in [2.45, 2.75) is 6.42 Å². The number of aryl methyl sites for hydroxylation is 1. The molecule has 1 rings (SSSR count). The summed E-state index contributed by atoms with van der Waals surface area (Å²) in [6.45, 7) is 0. The van der Waals surface area contributed by atoms with E-state index >= 15 is 0 Å². The molecule has 0 saturated heterocycles. The Morgan fingerprint density at radius 2 is 2.00 bits per heavy atom. The van der Waals surface area contributed by atoms with Crippen molar-refractivity contribution in [1.29, 1.82) is 0 Å². The lowest BCUT2D eigenvalue weighted by atomic mass is 10.1. The first-order valence-corrected chi connectivity index (χ1v) is 5.20. The van der Waals surface area contributed by atoms with Crippen LogP contribution in [0.25, 0.3) is 0 Å². The van der Waals surface area contributed by atoms with Gasteiger partial charge in [-0.3, -0.25) is 0 Å². The first-order valence-electron chi connectivity index (χ1n) is 3.81. The maximum absolute atomic E-state index is 5.99. The van der Waals surface area contributed by atoms with Gasteiger partial charge in [0.15, 0.2) is 0 Å². The first-order chi connectivity index (χ1) is 6.19. The van der Waals surface area contributed by atoms with Crippen LogP contribution in [0.1, 0.15) is 5.56 Å². The van der Waals surface area contributed by atoms with E-state index in [9.17, 15) is 0 Å². The van der Waals surface area contributed by atoms with Gasteiger partial charge < -0.3 is 4.74 Å². The molecule has 0 spiro atoms. The van der Waals surface area contributed by atoms with Crippen LogP contribution in [0.4, 0.5) is 0 Å². The third kappa shape index (κ3) is 2.70. The van der Waals surface area contributed by atoms with Crippen molar-refractivity contribution in [3.63, 3.8) is 0 Å². The summed E-state index contributed by atoms with van der Waals surface area (Å²) in [5, 5.41) is 1.26. The summed E-state index contributed by atoms with van der Waals surface area (Å²) < 4.78 is 5.02. The van der Waals surface area contributed by atoms with Crippen molar-refractivity contribution >= 4 is 35.8 Å². The molecule has 0 aliphatic carbocycles. The van der Waals surface area contributed by atoms with Crippen LogP contribution in [0.15, 0.2) is 12.1 Å². The van der Waals surface area contributed by atoms with Crippen LogP contribution in [0.3, 0.4) is 0 Å². The molecule has 0 aliphatic rings. The van der Waals surface area contributed by atoms with E-state index in [4.69, 9.17) is 27.9 Å². The molecule has 72 valence electrons. The largest absolute Gasteiger partial charge is 0.495 e. The number of rotatable bonds is 3. The molecular formula is C9H10Cl2OS. The quantitative estimate of drug-likeness (QED) is 0.792. The van der Waals surface area contributed by atoms with Gasteiger partial charge in [-0.2, -0.15) is 12.6 Å². The molecule has 0 saturated carbocycles. The number of benzene rings is 1. The summed E-state index contributed by atoms with van der Waals surface area (Å²) in [5.74, 6) is 1.36. The zero-order chi connectivity index (χ0) is 9.84. The summed E-state index contributed by atoms with van der Waals surface area (Å²) in [6.07, 6.45) is 0.811. The lowest BCUT2D eigenvalue weighted by Crippen LogP contribution is -1.91. The predicted molar refractivity (Wildman–Crippen MR) is 60.6 cm³/mol. The standard InChI is InChI=1S/C9H10Cl2OS/c1-12-9-5-7(10)6(2-3-13)4-8(9)11/h4-5,13H,2-3H2,1H3. The minimum Gasteiger partial charge on any atom is -0.495 e. The Morgan fingerprint density at radius 3 is 2.54 bits per heavy atom. The molecule has 13 heavy (non-hydrogen) atoms. The number of methoxy groups -OCH3 is 1. The molecule has 0 heterocycles. The molecule has 0 unspecified atom stereocenters. The second-order valence-corrected chi connectivity index (χ2v) is 3.81. The highest BCUT2D eigenvalue weighted by Crippen LogP contribution is 2.31. The fourth-order valence-electron chi connectivity index (χ4n) is 1.04. The van der Waals surface area contributed by atoms with Gasteiger partial charge in [0.05, 0.1) is 12.1 Å². The van der Waals surface area contributed by atoms with Crippen LogP contribution >= 0.6 is 35.8 Å². The van der Waals surface area contributed by atoms with Gasteiger partial charge in [-0.05, 0) is 23.8 Å². The van der Waals surface area contributed by atoms with E-state index < -0.39 is 0 Å². The first kappa shape index (κ1) is 11.0. The SMILES string of the molecule is COc1cc(Cl)c(CCS)cc1Cl. The van der Waals surface area contributed by atoms with Gasteiger partial charge >= 0.3 is 0 Å². The maximum Gasteiger partial charge on any atom is 0.138 e. The smallest absolute Gasteiger partial charge is 0.138 e. The Hall–Kier alpha value is -0.0500. The van der Waals surface area contributed by atoms with Crippen molar-refractivity contribution in [2.24, 2.45) is 0 Å². The Kier molecular flexibility index (Phi) is 4.23. The summed E-state index contributed by atoms with van der Waals surface area (Å²) in [7, 11) is 1.57. The van der Waals surface area contributed by atoms with Crippen molar-refractivity contribution in [1.82, 2.24) is 0 Å². The fraction of sp³-hybridized carbons (Fsp3) is 0.333. The average Bonchev–Trinajstić information content (AvgIpc) is 2.11. The van der Waals surface area contributed by atoms with Crippen LogP contribution < -0.4 is 4.74 Å². The lowest BCUT2D eigenvalue weighted by molar-refractivity contribution is 0.415. The molecule has 4 heteroatoms. The highest BCUT2D eigenvalue weighted by atomic mass is 35.5.